The molecule has 0 aromatic carbocycles. The van der Waals surface area contributed by atoms with Crippen LogP contribution in [0.2, 0.25) is 0 Å². The molecule has 30 heavy (non-hydrogen) atoms. The number of esters is 3. The standard InChI is InChI=1S/C17H21N5O8/c1-7(23)27-5-10-12(28-8(2)24)13(29-9(3)25)16(30-10)22-6-19-11-14(22)20-17(18)21-15(11)26-4/h6,10,12-13,16H,5H2,1-4H3,(H2,18,20,21)/t10-,12-,13-,16-/m0/s1. The van der Waals surface area contributed by atoms with Crippen LogP contribution in [0.3, 0.4) is 0 Å². The highest BCUT2D eigenvalue weighted by Crippen LogP contribution is 2.36. The molecule has 0 unspecified atom stereocenters. The molecule has 3 heterocycles. The molecule has 13 heteroatoms. The molecule has 0 spiro atoms. The van der Waals surface area contributed by atoms with E-state index >= 15 is 0 Å². The van der Waals surface area contributed by atoms with Gasteiger partial charge in [-0.1, -0.05) is 0 Å². The molecule has 1 aliphatic heterocycles. The number of methoxy groups -OCH3 is 1. The SMILES string of the molecule is COc1nc(N)nc2c1ncn2[C@H]1O[C@@H](COC(C)=O)[C@H](OC(C)=O)[C@@H]1OC(C)=O. The Morgan fingerprint density at radius 1 is 1.10 bits per heavy atom. The minimum atomic E-state index is -1.08. The minimum absolute atomic E-state index is 0.0730. The maximum atomic E-state index is 11.7. The molecule has 0 radical (unpaired) electrons. The number of imidazole rings is 1. The summed E-state index contributed by atoms with van der Waals surface area (Å²) in [6, 6.07) is 0. The van der Waals surface area contributed by atoms with Crippen molar-refractivity contribution in [2.24, 2.45) is 0 Å². The first kappa shape index (κ1) is 21.2. The lowest BCUT2D eigenvalue weighted by Gasteiger charge is -2.23. The van der Waals surface area contributed by atoms with Crippen LogP contribution < -0.4 is 10.5 Å². The molecule has 0 saturated carbocycles. The van der Waals surface area contributed by atoms with E-state index in [0.29, 0.717) is 5.52 Å². The van der Waals surface area contributed by atoms with Gasteiger partial charge in [-0.3, -0.25) is 19.0 Å². The molecule has 13 nitrogen and oxygen atoms in total. The number of carbonyl (C=O) groups excluding carboxylic acids is 3. The van der Waals surface area contributed by atoms with Gasteiger partial charge in [0.05, 0.1) is 13.4 Å². The van der Waals surface area contributed by atoms with Crippen molar-refractivity contribution in [3.8, 4) is 5.88 Å². The van der Waals surface area contributed by atoms with E-state index < -0.39 is 42.4 Å². The maximum Gasteiger partial charge on any atom is 0.303 e. The lowest BCUT2D eigenvalue weighted by Crippen LogP contribution is -2.40. The van der Waals surface area contributed by atoms with E-state index in [2.05, 4.69) is 15.0 Å². The third-order valence-electron chi connectivity index (χ3n) is 4.21. The number of hydrogen-bond acceptors (Lipinski definition) is 12. The van der Waals surface area contributed by atoms with Crippen LogP contribution in [0, 0.1) is 0 Å². The molecule has 4 atom stereocenters. The van der Waals surface area contributed by atoms with Crippen LogP contribution in [0.5, 0.6) is 5.88 Å². The third-order valence-corrected chi connectivity index (χ3v) is 4.21. The normalized spacial score (nSPS) is 23.2. The number of ether oxygens (including phenoxy) is 5. The smallest absolute Gasteiger partial charge is 0.303 e. The Balaban J connectivity index is 2.05. The van der Waals surface area contributed by atoms with E-state index in [1.54, 1.807) is 0 Å². The van der Waals surface area contributed by atoms with Crippen molar-refractivity contribution < 1.29 is 38.1 Å². The van der Waals surface area contributed by atoms with Crippen molar-refractivity contribution in [1.82, 2.24) is 19.5 Å². The number of aromatic nitrogens is 4. The summed E-state index contributed by atoms with van der Waals surface area (Å²) in [6.07, 6.45) is -2.67. The number of carbonyl (C=O) groups is 3. The van der Waals surface area contributed by atoms with Gasteiger partial charge in [-0.05, 0) is 0 Å². The lowest BCUT2D eigenvalue weighted by molar-refractivity contribution is -0.166. The fourth-order valence-corrected chi connectivity index (χ4v) is 3.15. The third kappa shape index (κ3) is 4.25. The van der Waals surface area contributed by atoms with E-state index in [1.165, 1.54) is 38.8 Å². The van der Waals surface area contributed by atoms with Gasteiger partial charge in [-0.25, -0.2) is 4.98 Å². The van der Waals surface area contributed by atoms with Crippen LogP contribution in [-0.4, -0.2) is 69.5 Å². The molecule has 0 amide bonds. The molecule has 0 bridgehead atoms. The van der Waals surface area contributed by atoms with Crippen LogP contribution in [-0.2, 0) is 33.3 Å². The molecule has 0 aliphatic carbocycles. The van der Waals surface area contributed by atoms with Crippen molar-refractivity contribution in [2.75, 3.05) is 19.5 Å². The second kappa shape index (κ2) is 8.49. The van der Waals surface area contributed by atoms with E-state index in [1.807, 2.05) is 0 Å². The predicted molar refractivity (Wildman–Crippen MR) is 97.9 cm³/mol. The molecule has 1 saturated heterocycles. The summed E-state index contributed by atoms with van der Waals surface area (Å²) in [4.78, 5) is 47.0. The Bertz CT molecular complexity index is 976. The number of fused-ring (bicyclic) bond motifs is 1. The zero-order valence-corrected chi connectivity index (χ0v) is 16.7. The molecule has 2 aromatic rings. The van der Waals surface area contributed by atoms with Gasteiger partial charge >= 0.3 is 17.9 Å². The Labute approximate surface area is 170 Å². The van der Waals surface area contributed by atoms with Crippen molar-refractivity contribution in [2.45, 2.75) is 45.3 Å². The largest absolute Gasteiger partial charge is 0.479 e. The summed E-state index contributed by atoms with van der Waals surface area (Å²) in [5.41, 5.74) is 6.29. The van der Waals surface area contributed by atoms with E-state index in [0.717, 1.165) is 0 Å². The second-order valence-corrected chi connectivity index (χ2v) is 6.43. The summed E-state index contributed by atoms with van der Waals surface area (Å²) < 4.78 is 28.3. The molecular weight excluding hydrogens is 402 g/mol. The number of nitrogen functional groups attached to an aromatic ring is 1. The van der Waals surface area contributed by atoms with Gasteiger partial charge in [0, 0.05) is 20.8 Å². The number of nitrogens with zero attached hydrogens (tertiary/aromatic N) is 4. The summed E-state index contributed by atoms with van der Waals surface area (Å²) in [5, 5.41) is 0. The van der Waals surface area contributed by atoms with Crippen molar-refractivity contribution in [3.05, 3.63) is 6.33 Å². The van der Waals surface area contributed by atoms with Crippen LogP contribution in [0.15, 0.2) is 6.33 Å². The molecule has 1 aliphatic rings. The zero-order valence-electron chi connectivity index (χ0n) is 16.7. The highest BCUT2D eigenvalue weighted by atomic mass is 16.7. The zero-order chi connectivity index (χ0) is 22.0. The van der Waals surface area contributed by atoms with Gasteiger partial charge in [-0.15, -0.1) is 0 Å². The first-order chi connectivity index (χ1) is 14.2. The van der Waals surface area contributed by atoms with Crippen LogP contribution >= 0.6 is 0 Å². The molecule has 1 fully saturated rings. The highest BCUT2D eigenvalue weighted by molar-refractivity contribution is 5.77. The fourth-order valence-electron chi connectivity index (χ4n) is 3.15. The van der Waals surface area contributed by atoms with Crippen LogP contribution in [0.1, 0.15) is 27.0 Å². The summed E-state index contributed by atoms with van der Waals surface area (Å²) >= 11 is 0. The van der Waals surface area contributed by atoms with Crippen LogP contribution in [0.25, 0.3) is 11.2 Å². The second-order valence-electron chi connectivity index (χ2n) is 6.43. The predicted octanol–water partition coefficient (Wildman–Crippen LogP) is -0.259. The Morgan fingerprint density at radius 3 is 2.37 bits per heavy atom. The Morgan fingerprint density at radius 2 is 1.77 bits per heavy atom. The number of hydrogen-bond donors (Lipinski definition) is 1. The maximum absolute atomic E-state index is 11.7. The molecule has 2 aromatic heterocycles. The number of nitrogens with two attached hydrogens (primary N) is 1. The van der Waals surface area contributed by atoms with Gasteiger partial charge in [0.25, 0.3) is 0 Å². The fraction of sp³-hybridized carbons (Fsp3) is 0.529. The Hall–Kier alpha value is -3.48. The first-order valence-electron chi connectivity index (χ1n) is 8.88. The monoisotopic (exact) mass is 423 g/mol. The highest BCUT2D eigenvalue weighted by Gasteiger charge is 2.51. The number of anilines is 1. The molecule has 3 rings (SSSR count). The van der Waals surface area contributed by atoms with Crippen molar-refractivity contribution >= 4 is 35.0 Å². The molecule has 2 N–H and O–H groups in total. The average Bonchev–Trinajstić information content (AvgIpc) is 3.20. The van der Waals surface area contributed by atoms with Crippen molar-refractivity contribution in [3.63, 3.8) is 0 Å². The van der Waals surface area contributed by atoms with Gasteiger partial charge < -0.3 is 29.4 Å². The topological polar surface area (TPSA) is 167 Å². The van der Waals surface area contributed by atoms with E-state index in [9.17, 15) is 14.4 Å². The van der Waals surface area contributed by atoms with Crippen LogP contribution in [0.4, 0.5) is 5.95 Å². The summed E-state index contributed by atoms with van der Waals surface area (Å²) in [6.45, 7) is 3.41. The number of rotatable bonds is 6. The van der Waals surface area contributed by atoms with E-state index in [-0.39, 0.29) is 24.1 Å². The van der Waals surface area contributed by atoms with Crippen molar-refractivity contribution in [1.29, 1.82) is 0 Å². The lowest BCUT2D eigenvalue weighted by atomic mass is 10.1. The van der Waals surface area contributed by atoms with Gasteiger partial charge in [0.2, 0.25) is 11.8 Å². The van der Waals surface area contributed by atoms with Gasteiger partial charge in [0.15, 0.2) is 29.6 Å². The van der Waals surface area contributed by atoms with Gasteiger partial charge in [0.1, 0.15) is 12.7 Å². The summed E-state index contributed by atoms with van der Waals surface area (Å²) in [5.74, 6) is -1.73. The van der Waals surface area contributed by atoms with Gasteiger partial charge in [-0.2, -0.15) is 9.97 Å². The molecular formula is C17H21N5O8. The minimum Gasteiger partial charge on any atom is -0.479 e. The van der Waals surface area contributed by atoms with E-state index in [4.69, 9.17) is 29.4 Å². The first-order valence-corrected chi connectivity index (χ1v) is 8.88. The quantitative estimate of drug-likeness (QED) is 0.478. The average molecular weight is 423 g/mol. The Kier molecular flexibility index (Phi) is 6.01. The molecule has 162 valence electrons. The summed E-state index contributed by atoms with van der Waals surface area (Å²) in [7, 11) is 1.40.